The van der Waals surface area contributed by atoms with Crippen molar-refractivity contribution in [1.82, 2.24) is 14.9 Å². The maximum Gasteiger partial charge on any atom is 0.239 e. The first kappa shape index (κ1) is 12.6. The van der Waals surface area contributed by atoms with Crippen LogP contribution in [-0.4, -0.2) is 33.2 Å². The first-order chi connectivity index (χ1) is 8.66. The number of amides is 1. The zero-order valence-electron chi connectivity index (χ0n) is 10.3. The van der Waals surface area contributed by atoms with Crippen molar-refractivity contribution in [2.24, 2.45) is 0 Å². The normalized spacial score (nSPS) is 12.6. The molecule has 0 aliphatic rings. The third-order valence-corrected chi connectivity index (χ3v) is 2.73. The van der Waals surface area contributed by atoms with Gasteiger partial charge in [-0.15, -0.1) is 0 Å². The molecule has 2 rings (SSSR count). The lowest BCUT2D eigenvalue weighted by Crippen LogP contribution is -2.29. The average molecular weight is 247 g/mol. The van der Waals surface area contributed by atoms with E-state index in [-0.39, 0.29) is 18.6 Å². The summed E-state index contributed by atoms with van der Waals surface area (Å²) in [6, 6.07) is 7.69. The number of hydrogen-bond acceptors (Lipinski definition) is 3. The van der Waals surface area contributed by atoms with Gasteiger partial charge in [0.1, 0.15) is 6.54 Å². The molecule has 1 aromatic carbocycles. The van der Waals surface area contributed by atoms with Crippen molar-refractivity contribution in [3.05, 3.63) is 30.6 Å². The third-order valence-electron chi connectivity index (χ3n) is 2.73. The summed E-state index contributed by atoms with van der Waals surface area (Å²) in [5, 5.41) is 11.9. The lowest BCUT2D eigenvalue weighted by atomic mass is 10.3. The summed E-state index contributed by atoms with van der Waals surface area (Å²) >= 11 is 0. The summed E-state index contributed by atoms with van der Waals surface area (Å²) in [7, 11) is 0. The molecule has 1 heterocycles. The van der Waals surface area contributed by atoms with E-state index in [1.807, 2.05) is 28.8 Å². The Hall–Kier alpha value is -1.88. The Morgan fingerprint density at radius 2 is 2.28 bits per heavy atom. The van der Waals surface area contributed by atoms with E-state index in [1.165, 1.54) is 0 Å². The summed E-state index contributed by atoms with van der Waals surface area (Å²) < 4.78 is 1.81. The number of nitrogens with one attached hydrogen (secondary N) is 1. The third kappa shape index (κ3) is 3.07. The fourth-order valence-electron chi connectivity index (χ4n) is 1.77. The molecule has 2 N–H and O–H groups in total. The van der Waals surface area contributed by atoms with Gasteiger partial charge in [-0.25, -0.2) is 4.98 Å². The lowest BCUT2D eigenvalue weighted by Gasteiger charge is -2.07. The quantitative estimate of drug-likeness (QED) is 0.825. The molecule has 1 unspecified atom stereocenters. The molecule has 0 radical (unpaired) electrons. The smallest absolute Gasteiger partial charge is 0.239 e. The lowest BCUT2D eigenvalue weighted by molar-refractivity contribution is -0.121. The Bertz CT molecular complexity index is 534. The van der Waals surface area contributed by atoms with Crippen LogP contribution in [0.4, 0.5) is 0 Å². The van der Waals surface area contributed by atoms with Crippen molar-refractivity contribution in [3.8, 4) is 0 Å². The summed E-state index contributed by atoms with van der Waals surface area (Å²) in [4.78, 5) is 15.9. The van der Waals surface area contributed by atoms with Crippen LogP contribution in [0.5, 0.6) is 0 Å². The van der Waals surface area contributed by atoms with Crippen LogP contribution in [0.25, 0.3) is 11.0 Å². The fourth-order valence-corrected chi connectivity index (χ4v) is 1.77. The molecule has 5 nitrogen and oxygen atoms in total. The molecule has 1 aromatic heterocycles. The van der Waals surface area contributed by atoms with Crippen LogP contribution < -0.4 is 5.32 Å². The van der Waals surface area contributed by atoms with Crippen molar-refractivity contribution in [3.63, 3.8) is 0 Å². The molecule has 1 atom stereocenters. The molecule has 0 aliphatic carbocycles. The minimum absolute atomic E-state index is 0.0706. The van der Waals surface area contributed by atoms with Crippen molar-refractivity contribution in [2.75, 3.05) is 6.54 Å². The summed E-state index contributed by atoms with van der Waals surface area (Å²) in [5.41, 5.74) is 1.83. The first-order valence-electron chi connectivity index (χ1n) is 6.01. The number of carbonyl (C=O) groups is 1. The second-order valence-electron chi connectivity index (χ2n) is 4.35. The molecule has 5 heteroatoms. The molecule has 0 fully saturated rings. The molecule has 0 spiro atoms. The van der Waals surface area contributed by atoms with Crippen molar-refractivity contribution in [2.45, 2.75) is 26.0 Å². The van der Waals surface area contributed by atoms with Gasteiger partial charge in [0.15, 0.2) is 0 Å². The number of para-hydroxylation sites is 2. The zero-order valence-corrected chi connectivity index (χ0v) is 10.3. The van der Waals surface area contributed by atoms with E-state index in [9.17, 15) is 4.79 Å². The van der Waals surface area contributed by atoms with Gasteiger partial charge in [0.25, 0.3) is 0 Å². The predicted molar refractivity (Wildman–Crippen MR) is 69.0 cm³/mol. The highest BCUT2D eigenvalue weighted by atomic mass is 16.3. The minimum Gasteiger partial charge on any atom is -0.393 e. The molecule has 0 aliphatic heterocycles. The van der Waals surface area contributed by atoms with Crippen LogP contribution in [0.15, 0.2) is 30.6 Å². The number of rotatable bonds is 5. The van der Waals surface area contributed by atoms with Crippen LogP contribution in [0.1, 0.15) is 13.3 Å². The molecule has 2 aromatic rings. The number of aliphatic hydroxyl groups excluding tert-OH is 1. The second kappa shape index (κ2) is 5.64. The highest BCUT2D eigenvalue weighted by molar-refractivity contribution is 5.80. The van der Waals surface area contributed by atoms with Crippen LogP contribution in [0.2, 0.25) is 0 Å². The number of aromatic nitrogens is 2. The molecule has 1 amide bonds. The van der Waals surface area contributed by atoms with E-state index in [0.717, 1.165) is 11.0 Å². The van der Waals surface area contributed by atoms with Crippen molar-refractivity contribution < 1.29 is 9.90 Å². The number of carbonyl (C=O) groups excluding carboxylic acids is 1. The zero-order chi connectivity index (χ0) is 13.0. The largest absolute Gasteiger partial charge is 0.393 e. The number of hydrogen-bond donors (Lipinski definition) is 2. The van der Waals surface area contributed by atoms with Crippen LogP contribution in [0.3, 0.4) is 0 Å². The predicted octanol–water partition coefficient (Wildman–Crippen LogP) is 0.923. The topological polar surface area (TPSA) is 67.2 Å². The fraction of sp³-hybridized carbons (Fsp3) is 0.385. The van der Waals surface area contributed by atoms with Crippen molar-refractivity contribution in [1.29, 1.82) is 0 Å². The van der Waals surface area contributed by atoms with Gasteiger partial charge >= 0.3 is 0 Å². The Balaban J connectivity index is 1.95. The van der Waals surface area contributed by atoms with Gasteiger partial charge in [0.05, 0.1) is 23.5 Å². The van der Waals surface area contributed by atoms with Crippen LogP contribution >= 0.6 is 0 Å². The Morgan fingerprint density at radius 3 is 3.06 bits per heavy atom. The van der Waals surface area contributed by atoms with Gasteiger partial charge in [-0.3, -0.25) is 4.79 Å². The summed E-state index contributed by atoms with van der Waals surface area (Å²) in [6.07, 6.45) is 1.84. The molecular formula is C13H17N3O2. The van der Waals surface area contributed by atoms with Gasteiger partial charge < -0.3 is 15.0 Å². The molecule has 0 saturated carbocycles. The maximum atomic E-state index is 11.7. The monoisotopic (exact) mass is 247 g/mol. The molecule has 18 heavy (non-hydrogen) atoms. The number of imidazole rings is 1. The number of fused-ring (bicyclic) bond motifs is 1. The molecular weight excluding hydrogens is 230 g/mol. The van der Waals surface area contributed by atoms with E-state index >= 15 is 0 Å². The highest BCUT2D eigenvalue weighted by Crippen LogP contribution is 2.11. The van der Waals surface area contributed by atoms with Gasteiger partial charge in [-0.1, -0.05) is 12.1 Å². The summed E-state index contributed by atoms with van der Waals surface area (Å²) in [6.45, 7) is 2.44. The Morgan fingerprint density at radius 1 is 1.50 bits per heavy atom. The van der Waals surface area contributed by atoms with E-state index in [0.29, 0.717) is 13.0 Å². The number of benzene rings is 1. The van der Waals surface area contributed by atoms with Crippen LogP contribution in [-0.2, 0) is 11.3 Å². The second-order valence-corrected chi connectivity index (χ2v) is 4.35. The minimum atomic E-state index is -0.389. The maximum absolute atomic E-state index is 11.7. The molecule has 96 valence electrons. The molecule has 0 saturated heterocycles. The van der Waals surface area contributed by atoms with Gasteiger partial charge in [-0.05, 0) is 25.5 Å². The number of aliphatic hydroxyl groups is 1. The van der Waals surface area contributed by atoms with E-state index in [1.54, 1.807) is 13.3 Å². The highest BCUT2D eigenvalue weighted by Gasteiger charge is 2.06. The number of nitrogens with zero attached hydrogens (tertiary/aromatic N) is 2. The standard InChI is InChI=1S/C13H17N3O2/c1-10(17)6-7-14-13(18)8-16-9-15-11-4-2-3-5-12(11)16/h2-5,9-10,17H,6-8H2,1H3,(H,14,18). The van der Waals surface area contributed by atoms with Gasteiger partial charge in [0.2, 0.25) is 5.91 Å². The van der Waals surface area contributed by atoms with E-state index in [4.69, 9.17) is 5.11 Å². The first-order valence-corrected chi connectivity index (χ1v) is 6.01. The van der Waals surface area contributed by atoms with Gasteiger partial charge in [0, 0.05) is 6.54 Å². The Kier molecular flexibility index (Phi) is 3.94. The van der Waals surface area contributed by atoms with Gasteiger partial charge in [-0.2, -0.15) is 0 Å². The molecule has 0 bridgehead atoms. The van der Waals surface area contributed by atoms with E-state index < -0.39 is 0 Å². The van der Waals surface area contributed by atoms with Crippen LogP contribution in [0, 0.1) is 0 Å². The summed E-state index contributed by atoms with van der Waals surface area (Å²) in [5.74, 6) is -0.0706. The Labute approximate surface area is 105 Å². The van der Waals surface area contributed by atoms with E-state index in [2.05, 4.69) is 10.3 Å². The van der Waals surface area contributed by atoms with Crippen molar-refractivity contribution >= 4 is 16.9 Å². The SMILES string of the molecule is CC(O)CCNC(=O)Cn1cnc2ccccc21. The average Bonchev–Trinajstić information content (AvgIpc) is 2.72.